The molecule has 4 heteroatoms. The van der Waals surface area contributed by atoms with Gasteiger partial charge in [-0.2, -0.15) is 0 Å². The fourth-order valence-corrected chi connectivity index (χ4v) is 3.02. The van der Waals surface area contributed by atoms with Crippen molar-refractivity contribution in [3.05, 3.63) is 0 Å². The molecule has 0 spiro atoms. The molecule has 3 N–H and O–H groups in total. The van der Waals surface area contributed by atoms with Crippen molar-refractivity contribution in [3.63, 3.8) is 0 Å². The van der Waals surface area contributed by atoms with Gasteiger partial charge in [0.1, 0.15) is 0 Å². The van der Waals surface area contributed by atoms with E-state index in [0.29, 0.717) is 11.8 Å². The zero-order chi connectivity index (χ0) is 10.3. The minimum Gasteiger partial charge on any atom is -0.327 e. The number of hydrogen-bond donors (Lipinski definition) is 2. The summed E-state index contributed by atoms with van der Waals surface area (Å²) in [6, 6.07) is 0.0914. The van der Waals surface area contributed by atoms with Gasteiger partial charge in [0.05, 0.1) is 5.92 Å². The SMILES string of the molecule is CN(C)NC(=O)C1C2CCC(C2)C1N. The number of nitrogens with two attached hydrogens (primary N) is 1. The molecule has 1 amide bonds. The molecule has 2 saturated carbocycles. The second-order valence-corrected chi connectivity index (χ2v) is 4.81. The molecule has 4 nitrogen and oxygen atoms in total. The van der Waals surface area contributed by atoms with Gasteiger partial charge < -0.3 is 5.73 Å². The Bertz CT molecular complexity index is 240. The first-order valence-electron chi connectivity index (χ1n) is 5.33. The molecule has 0 saturated heterocycles. The number of amides is 1. The highest BCUT2D eigenvalue weighted by molar-refractivity contribution is 5.79. The second kappa shape index (κ2) is 3.51. The quantitative estimate of drug-likeness (QED) is 0.610. The number of nitrogens with zero attached hydrogens (tertiary/aromatic N) is 1. The van der Waals surface area contributed by atoms with E-state index in [2.05, 4.69) is 5.43 Å². The van der Waals surface area contributed by atoms with Gasteiger partial charge in [-0.05, 0) is 31.1 Å². The van der Waals surface area contributed by atoms with Crippen LogP contribution in [0.2, 0.25) is 0 Å². The highest BCUT2D eigenvalue weighted by Crippen LogP contribution is 2.47. The van der Waals surface area contributed by atoms with E-state index < -0.39 is 0 Å². The Morgan fingerprint density at radius 3 is 2.50 bits per heavy atom. The molecule has 80 valence electrons. The number of hydrazine groups is 1. The molecular weight excluding hydrogens is 178 g/mol. The molecule has 0 aliphatic heterocycles. The van der Waals surface area contributed by atoms with E-state index in [1.54, 1.807) is 5.01 Å². The van der Waals surface area contributed by atoms with Gasteiger partial charge in [-0.15, -0.1) is 0 Å². The fraction of sp³-hybridized carbons (Fsp3) is 0.900. The largest absolute Gasteiger partial charge is 0.327 e. The van der Waals surface area contributed by atoms with Crippen LogP contribution >= 0.6 is 0 Å². The average Bonchev–Trinajstić information content (AvgIpc) is 2.61. The van der Waals surface area contributed by atoms with Crippen LogP contribution in [0.15, 0.2) is 0 Å². The fourth-order valence-electron chi connectivity index (χ4n) is 3.02. The number of nitrogens with one attached hydrogen (secondary N) is 1. The molecule has 0 heterocycles. The molecule has 0 aromatic heterocycles. The molecule has 4 atom stereocenters. The lowest BCUT2D eigenvalue weighted by Crippen LogP contribution is -2.48. The lowest BCUT2D eigenvalue weighted by Gasteiger charge is -2.28. The van der Waals surface area contributed by atoms with Crippen LogP contribution in [0.1, 0.15) is 19.3 Å². The van der Waals surface area contributed by atoms with Gasteiger partial charge in [0.15, 0.2) is 0 Å². The Kier molecular flexibility index (Phi) is 2.49. The van der Waals surface area contributed by atoms with Gasteiger partial charge in [-0.25, -0.2) is 5.01 Å². The van der Waals surface area contributed by atoms with Crippen LogP contribution in [0.5, 0.6) is 0 Å². The Morgan fingerprint density at radius 1 is 1.36 bits per heavy atom. The number of hydrogen-bond acceptors (Lipinski definition) is 3. The average molecular weight is 197 g/mol. The molecule has 14 heavy (non-hydrogen) atoms. The molecule has 2 bridgehead atoms. The summed E-state index contributed by atoms with van der Waals surface area (Å²) in [5, 5.41) is 1.70. The number of carbonyl (C=O) groups is 1. The highest BCUT2D eigenvalue weighted by Gasteiger charge is 2.49. The summed E-state index contributed by atoms with van der Waals surface area (Å²) in [4.78, 5) is 11.8. The predicted octanol–water partition coefficient (Wildman–Crippen LogP) is -0.0474. The Morgan fingerprint density at radius 2 is 2.00 bits per heavy atom. The Labute approximate surface area is 84.8 Å². The number of carbonyl (C=O) groups excluding carboxylic acids is 1. The van der Waals surface area contributed by atoms with Crippen molar-refractivity contribution < 1.29 is 4.79 Å². The van der Waals surface area contributed by atoms with Crippen molar-refractivity contribution >= 4 is 5.91 Å². The van der Waals surface area contributed by atoms with Crippen molar-refractivity contribution in [3.8, 4) is 0 Å². The maximum Gasteiger partial charge on any atom is 0.239 e. The second-order valence-electron chi connectivity index (χ2n) is 4.81. The van der Waals surface area contributed by atoms with E-state index in [1.165, 1.54) is 12.8 Å². The lowest BCUT2D eigenvalue weighted by atomic mass is 9.84. The molecule has 0 radical (unpaired) electrons. The van der Waals surface area contributed by atoms with E-state index in [4.69, 9.17) is 5.73 Å². The van der Waals surface area contributed by atoms with Crippen molar-refractivity contribution in [1.82, 2.24) is 10.4 Å². The molecule has 0 aromatic rings. The van der Waals surface area contributed by atoms with Gasteiger partial charge in [0.2, 0.25) is 5.91 Å². The van der Waals surface area contributed by atoms with E-state index in [-0.39, 0.29) is 17.9 Å². The normalized spacial score (nSPS) is 40.6. The van der Waals surface area contributed by atoms with Crippen molar-refractivity contribution in [1.29, 1.82) is 0 Å². The van der Waals surface area contributed by atoms with Gasteiger partial charge in [-0.3, -0.25) is 10.2 Å². The first-order valence-corrected chi connectivity index (χ1v) is 5.33. The summed E-state index contributed by atoms with van der Waals surface area (Å²) in [7, 11) is 3.66. The van der Waals surface area contributed by atoms with E-state index >= 15 is 0 Å². The monoisotopic (exact) mass is 197 g/mol. The topological polar surface area (TPSA) is 58.4 Å². The van der Waals surface area contributed by atoms with E-state index in [9.17, 15) is 4.79 Å². The lowest BCUT2D eigenvalue weighted by molar-refractivity contribution is -0.130. The zero-order valence-corrected chi connectivity index (χ0v) is 8.86. The summed E-state index contributed by atoms with van der Waals surface area (Å²) < 4.78 is 0. The number of rotatable bonds is 2. The van der Waals surface area contributed by atoms with Crippen LogP contribution in [0.3, 0.4) is 0 Å². The third-order valence-electron chi connectivity index (χ3n) is 3.62. The van der Waals surface area contributed by atoms with E-state index in [0.717, 1.165) is 6.42 Å². The van der Waals surface area contributed by atoms with E-state index in [1.807, 2.05) is 14.1 Å². The Balaban J connectivity index is 2.01. The van der Waals surface area contributed by atoms with Crippen LogP contribution in [-0.2, 0) is 4.79 Å². The standard InChI is InChI=1S/C10H19N3O/c1-13(2)12-10(14)8-6-3-4-7(5-6)9(8)11/h6-9H,3-5,11H2,1-2H3,(H,12,14). The summed E-state index contributed by atoms with van der Waals surface area (Å²) in [5.74, 6) is 1.29. The third kappa shape index (κ3) is 1.53. The first kappa shape index (κ1) is 9.93. The van der Waals surface area contributed by atoms with Gasteiger partial charge in [0.25, 0.3) is 0 Å². The summed E-state index contributed by atoms with van der Waals surface area (Å²) >= 11 is 0. The summed E-state index contributed by atoms with van der Waals surface area (Å²) in [6.07, 6.45) is 3.56. The maximum atomic E-state index is 11.8. The third-order valence-corrected chi connectivity index (χ3v) is 3.62. The van der Waals surface area contributed by atoms with Crippen LogP contribution in [0.25, 0.3) is 0 Å². The molecule has 4 unspecified atom stereocenters. The minimum atomic E-state index is 0.0520. The molecule has 0 aromatic carbocycles. The zero-order valence-electron chi connectivity index (χ0n) is 8.86. The Hall–Kier alpha value is -0.610. The van der Waals surface area contributed by atoms with Crippen LogP contribution in [-0.4, -0.2) is 31.1 Å². The summed E-state index contributed by atoms with van der Waals surface area (Å²) in [5.41, 5.74) is 8.88. The van der Waals surface area contributed by atoms with Crippen molar-refractivity contribution in [2.75, 3.05) is 14.1 Å². The van der Waals surface area contributed by atoms with Gasteiger partial charge >= 0.3 is 0 Å². The van der Waals surface area contributed by atoms with Gasteiger partial charge in [0, 0.05) is 20.1 Å². The predicted molar refractivity (Wildman–Crippen MR) is 54.1 cm³/mol. The molecule has 2 rings (SSSR count). The van der Waals surface area contributed by atoms with Crippen LogP contribution in [0, 0.1) is 17.8 Å². The van der Waals surface area contributed by atoms with Crippen LogP contribution in [0.4, 0.5) is 0 Å². The smallest absolute Gasteiger partial charge is 0.239 e. The van der Waals surface area contributed by atoms with Crippen molar-refractivity contribution in [2.24, 2.45) is 23.5 Å². The first-order chi connectivity index (χ1) is 6.59. The molecule has 2 fully saturated rings. The molecule has 2 aliphatic rings. The molecular formula is C10H19N3O. The molecule has 2 aliphatic carbocycles. The minimum absolute atomic E-state index is 0.0520. The maximum absolute atomic E-state index is 11.8. The number of fused-ring (bicyclic) bond motifs is 2. The van der Waals surface area contributed by atoms with Crippen molar-refractivity contribution in [2.45, 2.75) is 25.3 Å². The van der Waals surface area contributed by atoms with Gasteiger partial charge in [-0.1, -0.05) is 0 Å². The van der Waals surface area contributed by atoms with Crippen LogP contribution < -0.4 is 11.2 Å². The highest BCUT2D eigenvalue weighted by atomic mass is 16.2. The summed E-state index contributed by atoms with van der Waals surface area (Å²) in [6.45, 7) is 0.